The largest absolute Gasteiger partial charge is 0.475 e. The molecule has 2 aliphatic heterocycles. The van der Waals surface area contributed by atoms with Gasteiger partial charge in [-0.05, 0) is 37.1 Å². The van der Waals surface area contributed by atoms with Crippen molar-refractivity contribution in [1.29, 1.82) is 0 Å². The summed E-state index contributed by atoms with van der Waals surface area (Å²) in [5, 5.41) is 24.7. The second-order valence-corrected chi connectivity index (χ2v) is 13.6. The molecule has 57 heavy (non-hydrogen) atoms. The van der Waals surface area contributed by atoms with Gasteiger partial charge in [0.05, 0.1) is 11.0 Å². The van der Waals surface area contributed by atoms with Crippen LogP contribution in [0.4, 0.5) is 11.6 Å². The summed E-state index contributed by atoms with van der Waals surface area (Å²) in [4.78, 5) is 44.7. The molecule has 2 fully saturated rings. The Balaban J connectivity index is 0.000000132. The Bertz CT molecular complexity index is 2580. The summed E-state index contributed by atoms with van der Waals surface area (Å²) in [5.74, 6) is 1.62. The molecule has 8 heterocycles. The summed E-state index contributed by atoms with van der Waals surface area (Å²) in [6.45, 7) is 3.48. The number of carboxylic acids is 1. The fourth-order valence-electron chi connectivity index (χ4n) is 6.85. The van der Waals surface area contributed by atoms with Gasteiger partial charge in [0.15, 0.2) is 23.3 Å². The van der Waals surface area contributed by atoms with Crippen LogP contribution in [0.3, 0.4) is 0 Å². The number of fused-ring (bicyclic) bond motifs is 2. The minimum absolute atomic E-state index is 0.0368. The van der Waals surface area contributed by atoms with Crippen molar-refractivity contribution in [2.24, 2.45) is 5.73 Å². The first-order chi connectivity index (χ1) is 27.9. The number of aromatic amines is 2. The fraction of sp³-hybridized carbons (Fsp3) is 0.200. The number of hydrogen-bond acceptors (Lipinski definition) is 11. The SMILES string of the molecule is N[C@H]1CCN(c2nccn3cccc23)C1.O=C(N[C@H]1CCN(c2nccn3cccc23)C1)c1nc(-c2ccccc2)n[nH]1.O=C(O)c1nc(-c2ccccc2)n[nH]1. The van der Waals surface area contributed by atoms with E-state index in [2.05, 4.69) is 65.9 Å². The topological polar surface area (TPSA) is 217 Å². The zero-order valence-corrected chi connectivity index (χ0v) is 30.8. The van der Waals surface area contributed by atoms with Gasteiger partial charge in [-0.3, -0.25) is 15.0 Å². The molecule has 0 spiro atoms. The van der Waals surface area contributed by atoms with Crippen molar-refractivity contribution in [3.05, 3.63) is 134 Å². The standard InChI is InChI=1S/C20H19N7O.C11H14N4.C9H7N3O2/c28-20(18-23-17(24-25-18)14-5-2-1-3-6-14)22-15-8-11-27(13-15)19-16-7-4-10-26(16)12-9-21-19;12-9-3-6-15(8-9)11-10-2-1-5-14(10)7-4-13-11;13-9(14)8-10-7(11-12-8)6-4-2-1-3-5-6/h1-7,9-10,12,15H,8,11,13H2,(H,22,28)(H,23,24,25);1-2,4-5,7,9H,3,6,8,12H2;1-5H,(H,13,14)(H,10,11,12)/t15-;9-;/m00./s1. The fourth-order valence-corrected chi connectivity index (χ4v) is 6.85. The number of carboxylic acid groups (broad SMARTS) is 1. The maximum absolute atomic E-state index is 12.6. The molecule has 0 saturated carbocycles. The van der Waals surface area contributed by atoms with Gasteiger partial charge in [0.1, 0.15) is 0 Å². The maximum Gasteiger partial charge on any atom is 0.373 e. The molecular formula is C40H40N14O3. The molecule has 8 aromatic rings. The summed E-state index contributed by atoms with van der Waals surface area (Å²) in [6, 6.07) is 27.3. The predicted molar refractivity (Wildman–Crippen MR) is 214 cm³/mol. The minimum Gasteiger partial charge on any atom is -0.475 e. The number of nitrogens with two attached hydrogens (primary N) is 1. The van der Waals surface area contributed by atoms with Gasteiger partial charge in [-0.15, -0.1) is 0 Å². The van der Waals surface area contributed by atoms with Gasteiger partial charge < -0.3 is 34.8 Å². The molecule has 10 rings (SSSR count). The Morgan fingerprint density at radius 2 is 1.19 bits per heavy atom. The lowest BCUT2D eigenvalue weighted by molar-refractivity contribution is 0.0683. The molecular weight excluding hydrogens is 725 g/mol. The van der Waals surface area contributed by atoms with Crippen molar-refractivity contribution < 1.29 is 14.7 Å². The molecule has 6 N–H and O–H groups in total. The van der Waals surface area contributed by atoms with Crippen molar-refractivity contribution >= 4 is 34.5 Å². The number of hydrogen-bond donors (Lipinski definition) is 5. The smallest absolute Gasteiger partial charge is 0.373 e. The maximum atomic E-state index is 12.6. The van der Waals surface area contributed by atoms with Crippen LogP contribution in [0.1, 0.15) is 34.1 Å². The van der Waals surface area contributed by atoms with E-state index in [0.29, 0.717) is 24.2 Å². The van der Waals surface area contributed by atoms with E-state index in [1.807, 2.05) is 114 Å². The Morgan fingerprint density at radius 3 is 1.72 bits per heavy atom. The predicted octanol–water partition coefficient (Wildman–Crippen LogP) is 4.17. The first-order valence-electron chi connectivity index (χ1n) is 18.5. The van der Waals surface area contributed by atoms with Gasteiger partial charge in [-0.1, -0.05) is 60.7 Å². The van der Waals surface area contributed by atoms with E-state index < -0.39 is 5.97 Å². The lowest BCUT2D eigenvalue weighted by atomic mass is 10.2. The zero-order valence-electron chi connectivity index (χ0n) is 30.8. The molecule has 0 radical (unpaired) electrons. The van der Waals surface area contributed by atoms with Crippen molar-refractivity contribution in [2.75, 3.05) is 36.0 Å². The molecule has 0 bridgehead atoms. The highest BCUT2D eigenvalue weighted by molar-refractivity contribution is 5.91. The Morgan fingerprint density at radius 1 is 0.667 bits per heavy atom. The van der Waals surface area contributed by atoms with Crippen LogP contribution in [0.25, 0.3) is 33.8 Å². The van der Waals surface area contributed by atoms with Gasteiger partial charge in [-0.2, -0.15) is 10.2 Å². The number of aromatic carboxylic acids is 1. The first kappa shape index (κ1) is 36.6. The molecule has 2 atom stereocenters. The first-order valence-corrected chi connectivity index (χ1v) is 18.5. The summed E-state index contributed by atoms with van der Waals surface area (Å²) in [5.41, 5.74) is 9.79. The van der Waals surface area contributed by atoms with Gasteiger partial charge in [0.25, 0.3) is 5.91 Å². The number of anilines is 2. The average molecular weight is 765 g/mol. The normalized spacial score (nSPS) is 16.2. The van der Waals surface area contributed by atoms with E-state index in [-0.39, 0.29) is 23.6 Å². The van der Waals surface area contributed by atoms with Crippen LogP contribution in [-0.2, 0) is 0 Å². The van der Waals surface area contributed by atoms with E-state index >= 15 is 0 Å². The van der Waals surface area contributed by atoms with E-state index in [0.717, 1.165) is 66.3 Å². The van der Waals surface area contributed by atoms with Crippen molar-refractivity contribution in [3.8, 4) is 22.8 Å². The molecule has 0 unspecified atom stereocenters. The number of nitrogens with zero attached hydrogens (tertiary/aromatic N) is 10. The summed E-state index contributed by atoms with van der Waals surface area (Å²) in [6.07, 6.45) is 13.5. The number of rotatable bonds is 7. The second kappa shape index (κ2) is 16.5. The third kappa shape index (κ3) is 8.32. The van der Waals surface area contributed by atoms with Crippen LogP contribution in [-0.4, -0.2) is 104 Å². The molecule has 17 heteroatoms. The van der Waals surface area contributed by atoms with Gasteiger partial charge >= 0.3 is 5.97 Å². The lowest BCUT2D eigenvalue weighted by Crippen LogP contribution is -2.37. The van der Waals surface area contributed by atoms with Crippen molar-refractivity contribution in [1.82, 2.24) is 54.4 Å². The Hall–Kier alpha value is -7.40. The second-order valence-electron chi connectivity index (χ2n) is 13.6. The molecule has 6 aromatic heterocycles. The van der Waals surface area contributed by atoms with Crippen LogP contribution in [0, 0.1) is 0 Å². The third-order valence-corrected chi connectivity index (χ3v) is 9.66. The van der Waals surface area contributed by atoms with Crippen LogP contribution in [0.2, 0.25) is 0 Å². The number of H-pyrrole nitrogens is 2. The van der Waals surface area contributed by atoms with Gasteiger partial charge in [0, 0.05) is 86.6 Å². The summed E-state index contributed by atoms with van der Waals surface area (Å²) in [7, 11) is 0. The average Bonchev–Trinajstić information content (AvgIpc) is 4.10. The minimum atomic E-state index is -1.11. The Kier molecular flexibility index (Phi) is 10.6. The number of nitrogens with one attached hydrogen (secondary N) is 3. The van der Waals surface area contributed by atoms with Crippen LogP contribution >= 0.6 is 0 Å². The molecule has 0 aliphatic carbocycles. The molecule has 1 amide bonds. The molecule has 288 valence electrons. The Labute approximate surface area is 326 Å². The van der Waals surface area contributed by atoms with E-state index in [9.17, 15) is 9.59 Å². The zero-order chi connectivity index (χ0) is 39.1. The van der Waals surface area contributed by atoms with Crippen LogP contribution < -0.4 is 20.9 Å². The molecule has 17 nitrogen and oxygen atoms in total. The molecule has 2 saturated heterocycles. The number of carbonyl (C=O) groups excluding carboxylic acids is 1. The summed E-state index contributed by atoms with van der Waals surface area (Å²) < 4.78 is 4.14. The van der Waals surface area contributed by atoms with Gasteiger partial charge in [0.2, 0.25) is 11.6 Å². The van der Waals surface area contributed by atoms with Crippen LogP contribution in [0.15, 0.2) is 122 Å². The third-order valence-electron chi connectivity index (χ3n) is 9.66. The highest BCUT2D eigenvalue weighted by atomic mass is 16.4. The summed E-state index contributed by atoms with van der Waals surface area (Å²) >= 11 is 0. The number of benzene rings is 2. The number of amides is 1. The molecule has 2 aromatic carbocycles. The van der Waals surface area contributed by atoms with E-state index in [4.69, 9.17) is 10.8 Å². The van der Waals surface area contributed by atoms with Gasteiger partial charge in [-0.25, -0.2) is 24.7 Å². The van der Waals surface area contributed by atoms with Crippen LogP contribution in [0.5, 0.6) is 0 Å². The number of carbonyl (C=O) groups is 2. The highest BCUT2D eigenvalue weighted by Gasteiger charge is 2.27. The van der Waals surface area contributed by atoms with Crippen molar-refractivity contribution in [3.63, 3.8) is 0 Å². The lowest BCUT2D eigenvalue weighted by Gasteiger charge is -2.18. The molecule has 2 aliphatic rings. The quantitative estimate of drug-likeness (QED) is 0.155. The monoisotopic (exact) mass is 764 g/mol. The van der Waals surface area contributed by atoms with Crippen molar-refractivity contribution in [2.45, 2.75) is 24.9 Å². The highest BCUT2D eigenvalue weighted by Crippen LogP contribution is 2.24. The van der Waals surface area contributed by atoms with E-state index in [1.54, 1.807) is 6.20 Å². The number of aromatic nitrogens is 10. The van der Waals surface area contributed by atoms with E-state index in [1.165, 1.54) is 0 Å².